The monoisotopic (exact) mass is 316 g/mol. The van der Waals surface area contributed by atoms with Gasteiger partial charge in [0.1, 0.15) is 0 Å². The maximum Gasteiger partial charge on any atom is 0.184 e. The number of hydrogen-bond acceptors (Lipinski definition) is 3. The average Bonchev–Trinajstić information content (AvgIpc) is 3.11. The lowest BCUT2D eigenvalue weighted by Gasteiger charge is -2.09. The highest BCUT2D eigenvalue weighted by Gasteiger charge is 2.17. The van der Waals surface area contributed by atoms with Crippen LogP contribution in [-0.4, -0.2) is 24.4 Å². The van der Waals surface area contributed by atoms with Crippen molar-refractivity contribution in [2.24, 2.45) is 0 Å². The van der Waals surface area contributed by atoms with Crippen LogP contribution in [0, 0.1) is 0 Å². The molecule has 0 bridgehead atoms. The number of allylic oxidation sites excluding steroid dienone is 1. The minimum Gasteiger partial charge on any atom is -0.389 e. The van der Waals surface area contributed by atoms with Crippen LogP contribution in [-0.2, 0) is 9.47 Å². The number of aliphatic hydroxyl groups is 1. The van der Waals surface area contributed by atoms with Crippen molar-refractivity contribution in [3.8, 4) is 0 Å². The van der Waals surface area contributed by atoms with E-state index < -0.39 is 6.10 Å². The Balaban J connectivity index is 1.78. The first-order valence-corrected chi connectivity index (χ1v) is 8.64. The third-order valence-electron chi connectivity index (χ3n) is 3.83. The normalized spacial score (nSPS) is 17.5. The molecule has 1 heterocycles. The summed E-state index contributed by atoms with van der Waals surface area (Å²) in [6.45, 7) is 3.50. The summed E-state index contributed by atoms with van der Waals surface area (Å²) in [6.07, 6.45) is 12.9. The van der Waals surface area contributed by atoms with E-state index in [1.54, 1.807) is 0 Å². The third kappa shape index (κ3) is 6.69. The van der Waals surface area contributed by atoms with Crippen molar-refractivity contribution in [3.63, 3.8) is 0 Å². The van der Waals surface area contributed by atoms with Gasteiger partial charge in [0.25, 0.3) is 0 Å². The molecule has 1 aliphatic rings. The number of hydrogen-bond donors (Lipinski definition) is 1. The SMILES string of the molecule is CCCCC/C=C\CC(O)/C=C/c1cccc(C2OCCO2)c1. The van der Waals surface area contributed by atoms with Gasteiger partial charge in [0.05, 0.1) is 19.3 Å². The topological polar surface area (TPSA) is 38.7 Å². The molecule has 126 valence electrons. The second-order valence-electron chi connectivity index (χ2n) is 5.87. The van der Waals surface area contributed by atoms with E-state index >= 15 is 0 Å². The van der Waals surface area contributed by atoms with E-state index in [1.807, 2.05) is 36.4 Å². The van der Waals surface area contributed by atoms with E-state index in [1.165, 1.54) is 19.3 Å². The summed E-state index contributed by atoms with van der Waals surface area (Å²) in [7, 11) is 0. The van der Waals surface area contributed by atoms with E-state index in [4.69, 9.17) is 9.47 Å². The molecule has 1 atom stereocenters. The zero-order valence-corrected chi connectivity index (χ0v) is 14.0. The molecule has 1 aliphatic heterocycles. The predicted octanol–water partition coefficient (Wildman–Crippen LogP) is 4.63. The van der Waals surface area contributed by atoms with Crippen LogP contribution in [0.5, 0.6) is 0 Å². The van der Waals surface area contributed by atoms with E-state index in [9.17, 15) is 5.11 Å². The largest absolute Gasteiger partial charge is 0.389 e. The minimum absolute atomic E-state index is 0.251. The molecule has 1 fully saturated rings. The van der Waals surface area contributed by atoms with Gasteiger partial charge in [0, 0.05) is 5.56 Å². The predicted molar refractivity (Wildman–Crippen MR) is 94.0 cm³/mol. The Hall–Kier alpha value is -1.42. The summed E-state index contributed by atoms with van der Waals surface area (Å²) >= 11 is 0. The van der Waals surface area contributed by atoms with Gasteiger partial charge in [-0.25, -0.2) is 0 Å². The summed E-state index contributed by atoms with van der Waals surface area (Å²) in [6, 6.07) is 8.05. The molecule has 1 unspecified atom stereocenters. The Morgan fingerprint density at radius 3 is 2.83 bits per heavy atom. The summed E-state index contributed by atoms with van der Waals surface area (Å²) in [5, 5.41) is 10.0. The number of rotatable bonds is 9. The van der Waals surface area contributed by atoms with Crippen LogP contribution in [0.1, 0.15) is 56.4 Å². The fourth-order valence-electron chi connectivity index (χ4n) is 2.53. The summed E-state index contributed by atoms with van der Waals surface area (Å²) < 4.78 is 11.0. The lowest BCUT2D eigenvalue weighted by molar-refractivity contribution is -0.0441. The molecular formula is C20H28O3. The summed E-state index contributed by atoms with van der Waals surface area (Å²) in [4.78, 5) is 0. The van der Waals surface area contributed by atoms with Crippen LogP contribution in [0.15, 0.2) is 42.5 Å². The lowest BCUT2D eigenvalue weighted by Crippen LogP contribution is -2.00. The quantitative estimate of drug-likeness (QED) is 0.533. The zero-order chi connectivity index (χ0) is 16.3. The molecule has 1 saturated heterocycles. The molecular weight excluding hydrogens is 288 g/mol. The number of unbranched alkanes of at least 4 members (excludes halogenated alkanes) is 3. The summed E-state index contributed by atoms with van der Waals surface area (Å²) in [5.41, 5.74) is 2.07. The van der Waals surface area contributed by atoms with Gasteiger partial charge in [0.15, 0.2) is 6.29 Å². The Labute approximate surface area is 139 Å². The Bertz CT molecular complexity index is 501. The molecule has 0 aliphatic carbocycles. The van der Waals surface area contributed by atoms with E-state index in [0.29, 0.717) is 19.6 Å². The van der Waals surface area contributed by atoms with Gasteiger partial charge in [0.2, 0.25) is 0 Å². The Morgan fingerprint density at radius 2 is 2.04 bits per heavy atom. The van der Waals surface area contributed by atoms with Crippen LogP contribution in [0.2, 0.25) is 0 Å². The molecule has 0 spiro atoms. The van der Waals surface area contributed by atoms with Crippen molar-refractivity contribution in [2.45, 2.75) is 51.4 Å². The summed E-state index contributed by atoms with van der Waals surface area (Å²) in [5.74, 6) is 0. The van der Waals surface area contributed by atoms with Gasteiger partial charge >= 0.3 is 0 Å². The highest BCUT2D eigenvalue weighted by molar-refractivity contribution is 5.51. The van der Waals surface area contributed by atoms with Crippen molar-refractivity contribution in [1.29, 1.82) is 0 Å². The van der Waals surface area contributed by atoms with Crippen molar-refractivity contribution in [3.05, 3.63) is 53.6 Å². The van der Waals surface area contributed by atoms with Gasteiger partial charge in [-0.3, -0.25) is 0 Å². The van der Waals surface area contributed by atoms with Gasteiger partial charge < -0.3 is 14.6 Å². The van der Waals surface area contributed by atoms with E-state index in [2.05, 4.69) is 19.1 Å². The maximum absolute atomic E-state index is 10.0. The van der Waals surface area contributed by atoms with Crippen LogP contribution in [0.25, 0.3) is 6.08 Å². The standard InChI is InChI=1S/C20H28O3/c1-2-3-4-5-6-7-11-19(21)13-12-17-9-8-10-18(16-17)20-22-14-15-23-20/h6-10,12-13,16,19-21H,2-5,11,14-15H2,1H3/b7-6-,13-12+. The van der Waals surface area contributed by atoms with Crippen molar-refractivity contribution < 1.29 is 14.6 Å². The molecule has 0 aromatic heterocycles. The van der Waals surface area contributed by atoms with Gasteiger partial charge in [-0.1, -0.05) is 62.3 Å². The first-order valence-electron chi connectivity index (χ1n) is 8.64. The third-order valence-corrected chi connectivity index (χ3v) is 3.83. The van der Waals surface area contributed by atoms with Gasteiger partial charge in [-0.2, -0.15) is 0 Å². The molecule has 0 radical (unpaired) electrons. The van der Waals surface area contributed by atoms with E-state index in [-0.39, 0.29) is 6.29 Å². The molecule has 1 aromatic rings. The van der Waals surface area contributed by atoms with Gasteiger partial charge in [-0.15, -0.1) is 0 Å². The maximum atomic E-state index is 10.0. The molecule has 1 aromatic carbocycles. The molecule has 0 amide bonds. The van der Waals surface area contributed by atoms with E-state index in [0.717, 1.165) is 17.5 Å². The second kappa shape index (κ2) is 10.4. The van der Waals surface area contributed by atoms with Crippen LogP contribution in [0.3, 0.4) is 0 Å². The van der Waals surface area contributed by atoms with Gasteiger partial charge in [-0.05, 0) is 30.9 Å². The molecule has 3 nitrogen and oxygen atoms in total. The van der Waals surface area contributed by atoms with Crippen LogP contribution in [0.4, 0.5) is 0 Å². The van der Waals surface area contributed by atoms with Crippen LogP contribution < -0.4 is 0 Å². The van der Waals surface area contributed by atoms with Crippen molar-refractivity contribution >= 4 is 6.08 Å². The number of ether oxygens (including phenoxy) is 2. The van der Waals surface area contributed by atoms with Crippen molar-refractivity contribution in [2.75, 3.05) is 13.2 Å². The highest BCUT2D eigenvalue weighted by Crippen LogP contribution is 2.24. The second-order valence-corrected chi connectivity index (χ2v) is 5.87. The molecule has 3 heteroatoms. The Kier molecular flexibility index (Phi) is 8.08. The molecule has 23 heavy (non-hydrogen) atoms. The Morgan fingerprint density at radius 1 is 1.22 bits per heavy atom. The lowest BCUT2D eigenvalue weighted by atomic mass is 10.1. The minimum atomic E-state index is -0.444. The molecule has 2 rings (SSSR count). The number of aliphatic hydroxyl groups excluding tert-OH is 1. The van der Waals surface area contributed by atoms with Crippen molar-refractivity contribution in [1.82, 2.24) is 0 Å². The number of benzene rings is 1. The zero-order valence-electron chi connectivity index (χ0n) is 14.0. The first kappa shape index (κ1) is 17.9. The first-order chi connectivity index (χ1) is 11.3. The molecule has 0 saturated carbocycles. The fourth-order valence-corrected chi connectivity index (χ4v) is 2.53. The average molecular weight is 316 g/mol. The molecule has 1 N–H and O–H groups in total. The highest BCUT2D eigenvalue weighted by atomic mass is 16.7. The fraction of sp³-hybridized carbons (Fsp3) is 0.500. The smallest absolute Gasteiger partial charge is 0.184 e. The van der Waals surface area contributed by atoms with Crippen LogP contribution >= 0.6 is 0 Å².